The molecule has 2 heterocycles. The van der Waals surface area contributed by atoms with Crippen LogP contribution in [0.1, 0.15) is 16.1 Å². The standard InChI is InChI=1S/C28H20FN3O5/c29-24-9-3-1-7-22(24)28(35)37-20-13-11-19(12-14-20)32(16-21-6-5-15-36-21)26(33)17-31-18-30-25-10-4-2-8-23(25)27(31)34/h1-15,18H,16-17H2. The molecule has 0 saturated carbocycles. The van der Waals surface area contributed by atoms with Gasteiger partial charge in [-0.3, -0.25) is 14.2 Å². The number of para-hydroxylation sites is 1. The SMILES string of the molecule is O=C(Oc1ccc(N(Cc2ccco2)C(=O)Cn2cnc3ccccc3c2=O)cc1)c1ccccc1F. The van der Waals surface area contributed by atoms with Crippen LogP contribution in [-0.2, 0) is 17.9 Å². The molecule has 9 heteroatoms. The van der Waals surface area contributed by atoms with E-state index in [1.807, 2.05) is 0 Å². The minimum absolute atomic E-state index is 0.107. The van der Waals surface area contributed by atoms with Gasteiger partial charge in [0, 0.05) is 5.69 Å². The van der Waals surface area contributed by atoms with Gasteiger partial charge in [0.25, 0.3) is 5.56 Å². The Morgan fingerprint density at radius 1 is 0.946 bits per heavy atom. The Labute approximate surface area is 210 Å². The molecule has 0 radical (unpaired) electrons. The number of hydrogen-bond acceptors (Lipinski definition) is 6. The number of ether oxygens (including phenoxy) is 1. The van der Waals surface area contributed by atoms with Crippen molar-refractivity contribution < 1.29 is 23.1 Å². The average molecular weight is 497 g/mol. The van der Waals surface area contributed by atoms with E-state index in [4.69, 9.17) is 9.15 Å². The zero-order valence-electron chi connectivity index (χ0n) is 19.4. The molecule has 0 fully saturated rings. The maximum Gasteiger partial charge on any atom is 0.346 e. The minimum Gasteiger partial charge on any atom is -0.467 e. The van der Waals surface area contributed by atoms with Gasteiger partial charge >= 0.3 is 5.97 Å². The normalized spacial score (nSPS) is 10.8. The fourth-order valence-electron chi connectivity index (χ4n) is 3.81. The number of nitrogens with zero attached hydrogens (tertiary/aromatic N) is 3. The van der Waals surface area contributed by atoms with E-state index in [-0.39, 0.29) is 35.9 Å². The number of anilines is 1. The van der Waals surface area contributed by atoms with Gasteiger partial charge in [-0.2, -0.15) is 0 Å². The van der Waals surface area contributed by atoms with Crippen LogP contribution >= 0.6 is 0 Å². The Morgan fingerprint density at radius 3 is 2.46 bits per heavy atom. The Bertz CT molecular complexity index is 1630. The first-order valence-electron chi connectivity index (χ1n) is 11.3. The van der Waals surface area contributed by atoms with Crippen LogP contribution in [0.4, 0.5) is 10.1 Å². The van der Waals surface area contributed by atoms with Crippen molar-refractivity contribution in [1.82, 2.24) is 9.55 Å². The summed E-state index contributed by atoms with van der Waals surface area (Å²) in [5.41, 5.74) is 0.515. The third-order valence-corrected chi connectivity index (χ3v) is 5.68. The molecule has 5 rings (SSSR count). The van der Waals surface area contributed by atoms with Gasteiger partial charge in [0.15, 0.2) is 0 Å². The monoisotopic (exact) mass is 497 g/mol. The molecule has 0 spiro atoms. The molecule has 3 aromatic carbocycles. The molecule has 0 atom stereocenters. The highest BCUT2D eigenvalue weighted by molar-refractivity contribution is 5.94. The Balaban J connectivity index is 1.39. The third-order valence-electron chi connectivity index (χ3n) is 5.68. The predicted octanol–water partition coefficient (Wildman–Crippen LogP) is 4.58. The molecule has 1 amide bonds. The number of rotatable bonds is 7. The summed E-state index contributed by atoms with van der Waals surface area (Å²) in [7, 11) is 0. The van der Waals surface area contributed by atoms with Gasteiger partial charge in [-0.05, 0) is 60.7 Å². The van der Waals surface area contributed by atoms with Gasteiger partial charge in [0.1, 0.15) is 23.9 Å². The maximum absolute atomic E-state index is 13.9. The highest BCUT2D eigenvalue weighted by Crippen LogP contribution is 2.23. The summed E-state index contributed by atoms with van der Waals surface area (Å²) in [5.74, 6) is -1.19. The molecule has 0 N–H and O–H groups in total. The lowest BCUT2D eigenvalue weighted by Gasteiger charge is -2.22. The molecule has 37 heavy (non-hydrogen) atoms. The molecule has 2 aromatic heterocycles. The van der Waals surface area contributed by atoms with Crippen molar-refractivity contribution in [3.63, 3.8) is 0 Å². The Kier molecular flexibility index (Phi) is 6.58. The number of furan rings is 1. The van der Waals surface area contributed by atoms with E-state index in [1.165, 1.54) is 58.5 Å². The van der Waals surface area contributed by atoms with Crippen LogP contribution in [0.15, 0.2) is 107 Å². The van der Waals surface area contributed by atoms with Gasteiger partial charge < -0.3 is 14.1 Å². The summed E-state index contributed by atoms with van der Waals surface area (Å²) in [6.07, 6.45) is 2.85. The summed E-state index contributed by atoms with van der Waals surface area (Å²) < 4.78 is 25.9. The van der Waals surface area contributed by atoms with Crippen molar-refractivity contribution in [2.24, 2.45) is 0 Å². The highest BCUT2D eigenvalue weighted by Gasteiger charge is 2.20. The summed E-state index contributed by atoms with van der Waals surface area (Å²) >= 11 is 0. The second-order valence-electron chi connectivity index (χ2n) is 8.12. The Morgan fingerprint density at radius 2 is 1.70 bits per heavy atom. The fourth-order valence-corrected chi connectivity index (χ4v) is 3.81. The van der Waals surface area contributed by atoms with Crippen LogP contribution in [0, 0.1) is 5.82 Å². The van der Waals surface area contributed by atoms with E-state index in [2.05, 4.69) is 4.98 Å². The number of esters is 1. The number of aromatic nitrogens is 2. The average Bonchev–Trinajstić information content (AvgIpc) is 3.43. The largest absolute Gasteiger partial charge is 0.467 e. The number of carbonyl (C=O) groups excluding carboxylic acids is 2. The van der Waals surface area contributed by atoms with Gasteiger partial charge in [-0.25, -0.2) is 14.2 Å². The second-order valence-corrected chi connectivity index (χ2v) is 8.12. The molecular weight excluding hydrogens is 477 g/mol. The van der Waals surface area contributed by atoms with Crippen molar-refractivity contribution in [2.75, 3.05) is 4.90 Å². The van der Waals surface area contributed by atoms with Crippen LogP contribution < -0.4 is 15.2 Å². The zero-order valence-corrected chi connectivity index (χ0v) is 19.4. The molecule has 5 aromatic rings. The molecule has 8 nitrogen and oxygen atoms in total. The van der Waals surface area contributed by atoms with Gasteiger partial charge in [-0.1, -0.05) is 24.3 Å². The molecule has 0 unspecified atom stereocenters. The fraction of sp³-hybridized carbons (Fsp3) is 0.0714. The summed E-state index contributed by atoms with van der Waals surface area (Å²) in [6, 6.07) is 22.1. The highest BCUT2D eigenvalue weighted by atomic mass is 19.1. The van der Waals surface area contributed by atoms with Crippen molar-refractivity contribution >= 4 is 28.5 Å². The minimum atomic E-state index is -0.836. The first-order chi connectivity index (χ1) is 18.0. The number of hydrogen-bond donors (Lipinski definition) is 0. The number of halogens is 1. The van der Waals surface area contributed by atoms with E-state index in [1.54, 1.807) is 48.5 Å². The van der Waals surface area contributed by atoms with Crippen molar-refractivity contribution in [2.45, 2.75) is 13.1 Å². The Hall–Kier alpha value is -5.05. The van der Waals surface area contributed by atoms with E-state index < -0.39 is 11.8 Å². The maximum atomic E-state index is 13.9. The van der Waals surface area contributed by atoms with Crippen LogP contribution in [0.25, 0.3) is 10.9 Å². The van der Waals surface area contributed by atoms with E-state index in [0.29, 0.717) is 22.4 Å². The lowest BCUT2D eigenvalue weighted by molar-refractivity contribution is -0.119. The van der Waals surface area contributed by atoms with Crippen LogP contribution in [0.5, 0.6) is 5.75 Å². The molecule has 0 aliphatic rings. The van der Waals surface area contributed by atoms with E-state index in [9.17, 15) is 18.8 Å². The molecule has 0 aliphatic heterocycles. The lowest BCUT2D eigenvalue weighted by atomic mass is 10.2. The molecule has 0 bridgehead atoms. The van der Waals surface area contributed by atoms with Crippen molar-refractivity contribution in [3.8, 4) is 5.75 Å². The first kappa shape index (κ1) is 23.7. The van der Waals surface area contributed by atoms with E-state index >= 15 is 0 Å². The summed E-state index contributed by atoms with van der Waals surface area (Å²) in [6.45, 7) is -0.142. The molecule has 0 aliphatic carbocycles. The first-order valence-corrected chi connectivity index (χ1v) is 11.3. The summed E-state index contributed by atoms with van der Waals surface area (Å²) in [4.78, 5) is 44.3. The third kappa shape index (κ3) is 5.15. The van der Waals surface area contributed by atoms with Gasteiger partial charge in [-0.15, -0.1) is 0 Å². The number of carbonyl (C=O) groups is 2. The summed E-state index contributed by atoms with van der Waals surface area (Å²) in [5, 5.41) is 0.413. The molecule has 184 valence electrons. The lowest BCUT2D eigenvalue weighted by Crippen LogP contribution is -2.36. The molecule has 0 saturated heterocycles. The second kappa shape index (κ2) is 10.3. The number of benzene rings is 3. The van der Waals surface area contributed by atoms with Gasteiger partial charge in [0.05, 0.1) is 35.6 Å². The zero-order chi connectivity index (χ0) is 25.8. The topological polar surface area (TPSA) is 94.6 Å². The van der Waals surface area contributed by atoms with Crippen LogP contribution in [0.3, 0.4) is 0 Å². The number of amides is 1. The number of fused-ring (bicyclic) bond motifs is 1. The van der Waals surface area contributed by atoms with Crippen LogP contribution in [-0.4, -0.2) is 21.4 Å². The smallest absolute Gasteiger partial charge is 0.346 e. The van der Waals surface area contributed by atoms with Crippen molar-refractivity contribution in [1.29, 1.82) is 0 Å². The molecular formula is C28H20FN3O5. The van der Waals surface area contributed by atoms with Crippen LogP contribution in [0.2, 0.25) is 0 Å². The quantitative estimate of drug-likeness (QED) is 0.241. The van der Waals surface area contributed by atoms with Crippen molar-refractivity contribution in [3.05, 3.63) is 125 Å². The predicted molar refractivity (Wildman–Crippen MR) is 134 cm³/mol. The van der Waals surface area contributed by atoms with E-state index in [0.717, 1.165) is 0 Å². The van der Waals surface area contributed by atoms with Gasteiger partial charge in [0.2, 0.25) is 5.91 Å².